The Kier molecular flexibility index (Phi) is 8.26. The first-order valence-corrected chi connectivity index (χ1v) is 13.7. The molecule has 0 radical (unpaired) electrons. The molecule has 0 saturated heterocycles. The second kappa shape index (κ2) is 10.0. The fourth-order valence-electron chi connectivity index (χ4n) is 7.76. The summed E-state index contributed by atoms with van der Waals surface area (Å²) in [7, 11) is -4.59. The number of ketones is 2. The number of aliphatic hydroxyl groups excluding tert-OH is 1. The number of carbonyl (C=O) groups excluding carboxylic acids is 3. The van der Waals surface area contributed by atoms with Gasteiger partial charge in [-0.05, 0) is 55.6 Å². The molecule has 3 fully saturated rings. The van der Waals surface area contributed by atoms with Crippen LogP contribution in [-0.2, 0) is 29.2 Å². The minimum Gasteiger partial charge on any atom is -0.748 e. The van der Waals surface area contributed by atoms with Gasteiger partial charge in [-0.3, -0.25) is 14.4 Å². The SMILES string of the molecule is C[C@H]1CC2C(C(O)C[C@@]3(C)C2CC[C@]3(O)C(=O)COC(=O)CCS(=O)(=O)[O-])[C@@]2(C)C=CC(=O)C=C12.[Na+]. The molecule has 11 heteroatoms. The van der Waals surface area contributed by atoms with Crippen LogP contribution in [-0.4, -0.2) is 64.8 Å². The summed E-state index contributed by atoms with van der Waals surface area (Å²) in [6, 6.07) is 0. The largest absolute Gasteiger partial charge is 1.00 e. The fourth-order valence-corrected chi connectivity index (χ4v) is 8.18. The van der Waals surface area contributed by atoms with E-state index in [4.69, 9.17) is 4.74 Å². The maximum atomic E-state index is 13.1. The Balaban J connectivity index is 0.00000361. The average Bonchev–Trinajstić information content (AvgIpc) is 3.02. The van der Waals surface area contributed by atoms with Crippen molar-refractivity contribution in [2.45, 2.75) is 64.6 Å². The molecule has 0 aromatic rings. The van der Waals surface area contributed by atoms with Gasteiger partial charge in [-0.25, -0.2) is 8.42 Å². The number of hydrogen-bond acceptors (Lipinski definition) is 9. The molecule has 0 aliphatic heterocycles. The normalized spacial score (nSPS) is 41.3. The molecule has 194 valence electrons. The molecule has 3 saturated carbocycles. The van der Waals surface area contributed by atoms with Crippen LogP contribution in [0.2, 0.25) is 0 Å². The first kappa shape index (κ1) is 29.7. The number of hydrogen-bond donors (Lipinski definition) is 2. The van der Waals surface area contributed by atoms with Crippen molar-refractivity contribution in [3.63, 3.8) is 0 Å². The first-order chi connectivity index (χ1) is 16.1. The van der Waals surface area contributed by atoms with Crippen molar-refractivity contribution in [1.82, 2.24) is 0 Å². The van der Waals surface area contributed by atoms with E-state index in [1.165, 1.54) is 0 Å². The van der Waals surface area contributed by atoms with Crippen molar-refractivity contribution in [2.75, 3.05) is 12.4 Å². The third-order valence-electron chi connectivity index (χ3n) is 9.35. The monoisotopic (exact) mass is 532 g/mol. The third-order valence-corrected chi connectivity index (χ3v) is 10.1. The number of ether oxygens (including phenoxy) is 1. The smallest absolute Gasteiger partial charge is 0.748 e. The van der Waals surface area contributed by atoms with Crippen LogP contribution in [0.15, 0.2) is 23.8 Å². The molecular formula is C25H33NaO9S. The van der Waals surface area contributed by atoms with Crippen LogP contribution in [0.1, 0.15) is 52.9 Å². The van der Waals surface area contributed by atoms with E-state index in [-0.39, 0.29) is 71.9 Å². The van der Waals surface area contributed by atoms with Crippen molar-refractivity contribution in [1.29, 1.82) is 0 Å². The molecule has 4 aliphatic rings. The van der Waals surface area contributed by atoms with E-state index in [0.29, 0.717) is 6.42 Å². The third kappa shape index (κ3) is 4.83. The second-order valence-electron chi connectivity index (χ2n) is 11.2. The number of allylic oxidation sites excluding steroid dienone is 4. The van der Waals surface area contributed by atoms with Crippen LogP contribution in [0.5, 0.6) is 0 Å². The van der Waals surface area contributed by atoms with Crippen molar-refractivity contribution >= 4 is 27.7 Å². The minimum atomic E-state index is -4.59. The van der Waals surface area contributed by atoms with E-state index in [9.17, 15) is 37.6 Å². The van der Waals surface area contributed by atoms with E-state index >= 15 is 0 Å². The standard InChI is InChI=1S/C25H34O9S.Na/c1-14-10-16-17-5-8-25(30,20(28)13-34-21(29)6-9-35(31,32)33)24(17,3)12-19(27)22(16)23(2)7-4-15(26)11-18(14)23;/h4,7,11,14,16-17,19,22,27,30H,5-6,8-10,12-13H2,1-3H3,(H,31,32,33);/q;+1/p-1/t14-,16?,17?,19?,22?,23-,24-,25-;/m0./s1. The van der Waals surface area contributed by atoms with E-state index in [0.717, 1.165) is 12.0 Å². The zero-order valence-electron chi connectivity index (χ0n) is 21.2. The summed E-state index contributed by atoms with van der Waals surface area (Å²) in [5.74, 6) is -2.76. The molecule has 4 rings (SSSR count). The molecule has 2 N–H and O–H groups in total. The van der Waals surface area contributed by atoms with Gasteiger partial charge < -0.3 is 19.5 Å². The molecule has 0 heterocycles. The van der Waals surface area contributed by atoms with Gasteiger partial charge in [-0.1, -0.05) is 32.4 Å². The van der Waals surface area contributed by atoms with E-state index in [2.05, 4.69) is 13.8 Å². The number of rotatable bonds is 6. The minimum absolute atomic E-state index is 0. The molecular weight excluding hydrogens is 499 g/mol. The number of Topliss-reactive ketones (excluding diaryl/α,β-unsaturated/α-hetero) is 1. The van der Waals surface area contributed by atoms with Crippen LogP contribution in [0, 0.1) is 34.5 Å². The molecule has 36 heavy (non-hydrogen) atoms. The summed E-state index contributed by atoms with van der Waals surface area (Å²) >= 11 is 0. The van der Waals surface area contributed by atoms with Crippen LogP contribution in [0.25, 0.3) is 0 Å². The number of fused-ring (bicyclic) bond motifs is 5. The van der Waals surface area contributed by atoms with Crippen molar-refractivity contribution in [3.8, 4) is 0 Å². The molecule has 0 bridgehead atoms. The van der Waals surface area contributed by atoms with E-state index in [1.54, 1.807) is 12.2 Å². The van der Waals surface area contributed by atoms with E-state index in [1.807, 2.05) is 13.0 Å². The summed E-state index contributed by atoms with van der Waals surface area (Å²) in [6.45, 7) is 5.20. The molecule has 0 amide bonds. The maximum absolute atomic E-state index is 13.1. The van der Waals surface area contributed by atoms with Gasteiger partial charge in [-0.2, -0.15) is 0 Å². The second-order valence-corrected chi connectivity index (χ2v) is 12.8. The first-order valence-electron chi connectivity index (χ1n) is 12.1. The van der Waals surface area contributed by atoms with Gasteiger partial charge in [0, 0.05) is 22.5 Å². The van der Waals surface area contributed by atoms with Gasteiger partial charge in [0.1, 0.15) is 5.60 Å². The topological polar surface area (TPSA) is 158 Å². The Hall–Kier alpha value is -0.880. The van der Waals surface area contributed by atoms with Crippen molar-refractivity contribution < 1.29 is 71.9 Å². The van der Waals surface area contributed by atoms with Gasteiger partial charge in [0.05, 0.1) is 22.6 Å². The van der Waals surface area contributed by atoms with Gasteiger partial charge in [0.15, 0.2) is 12.4 Å². The Morgan fingerprint density at radius 1 is 1.28 bits per heavy atom. The molecule has 4 aliphatic carbocycles. The van der Waals surface area contributed by atoms with Gasteiger partial charge in [-0.15, -0.1) is 0 Å². The predicted octanol–water partition coefficient (Wildman–Crippen LogP) is -1.71. The van der Waals surface area contributed by atoms with Crippen LogP contribution in [0.4, 0.5) is 0 Å². The molecule has 0 aromatic heterocycles. The Bertz CT molecular complexity index is 1110. The zero-order chi connectivity index (χ0) is 26.0. The number of aliphatic hydroxyl groups is 2. The van der Waals surface area contributed by atoms with Crippen LogP contribution >= 0.6 is 0 Å². The van der Waals surface area contributed by atoms with E-state index < -0.39 is 63.2 Å². The molecule has 4 unspecified atom stereocenters. The van der Waals surface area contributed by atoms with Gasteiger partial charge in [0.2, 0.25) is 5.78 Å². The fraction of sp³-hybridized carbons (Fsp3) is 0.720. The zero-order valence-corrected chi connectivity index (χ0v) is 24.0. The van der Waals surface area contributed by atoms with Crippen LogP contribution < -0.4 is 29.6 Å². The summed E-state index contributed by atoms with van der Waals surface area (Å²) in [6.07, 6.45) is 5.30. The van der Waals surface area contributed by atoms with Crippen molar-refractivity contribution in [2.24, 2.45) is 34.5 Å². The van der Waals surface area contributed by atoms with Gasteiger partial charge >= 0.3 is 35.5 Å². The number of esters is 1. The number of carbonyl (C=O) groups is 3. The summed E-state index contributed by atoms with van der Waals surface area (Å²) in [5, 5.41) is 23.0. The predicted molar refractivity (Wildman–Crippen MR) is 123 cm³/mol. The summed E-state index contributed by atoms with van der Waals surface area (Å²) in [5.41, 5.74) is -2.22. The Labute approximate surface area is 233 Å². The maximum Gasteiger partial charge on any atom is 1.00 e. The molecule has 8 atom stereocenters. The Morgan fingerprint density at radius 3 is 2.58 bits per heavy atom. The summed E-state index contributed by atoms with van der Waals surface area (Å²) in [4.78, 5) is 37.0. The van der Waals surface area contributed by atoms with Crippen LogP contribution in [0.3, 0.4) is 0 Å². The quantitative estimate of drug-likeness (QED) is 0.231. The molecule has 0 spiro atoms. The van der Waals surface area contributed by atoms with Crippen molar-refractivity contribution in [3.05, 3.63) is 23.8 Å². The average molecular weight is 533 g/mol. The molecule has 9 nitrogen and oxygen atoms in total. The molecule has 0 aromatic carbocycles. The summed E-state index contributed by atoms with van der Waals surface area (Å²) < 4.78 is 37.0. The van der Waals surface area contributed by atoms with Gasteiger partial charge in [0.25, 0.3) is 0 Å². The Morgan fingerprint density at radius 2 is 1.94 bits per heavy atom.